The van der Waals surface area contributed by atoms with Crippen molar-refractivity contribution in [1.82, 2.24) is 0 Å². The number of amides is 1. The Labute approximate surface area is 169 Å². The summed E-state index contributed by atoms with van der Waals surface area (Å²) >= 11 is 7.33. The summed E-state index contributed by atoms with van der Waals surface area (Å²) < 4.78 is 10.2. The highest BCUT2D eigenvalue weighted by Crippen LogP contribution is 2.38. The molecule has 28 heavy (non-hydrogen) atoms. The molecule has 10 heteroatoms. The Morgan fingerprint density at radius 1 is 1.32 bits per heavy atom. The largest absolute Gasteiger partial charge is 0.482 e. The number of benzene rings is 1. The van der Waals surface area contributed by atoms with Crippen molar-refractivity contribution in [2.45, 2.75) is 25.7 Å². The van der Waals surface area contributed by atoms with Gasteiger partial charge in [-0.25, -0.2) is 4.79 Å². The molecule has 0 saturated heterocycles. The van der Waals surface area contributed by atoms with Gasteiger partial charge in [0.25, 0.3) is 11.6 Å². The van der Waals surface area contributed by atoms with Crippen LogP contribution in [0.25, 0.3) is 0 Å². The topological polar surface area (TPSA) is 108 Å². The van der Waals surface area contributed by atoms with E-state index in [2.05, 4.69) is 5.32 Å². The number of hydrogen-bond donors (Lipinski definition) is 1. The molecule has 0 bridgehead atoms. The Bertz CT molecular complexity index is 942. The number of hydrogen-bond acceptors (Lipinski definition) is 7. The molecule has 1 aliphatic rings. The molecule has 1 aromatic heterocycles. The quantitative estimate of drug-likeness (QED) is 0.426. The number of carbonyl (C=O) groups excluding carboxylic acids is 2. The maximum atomic E-state index is 12.3. The minimum atomic E-state index is -0.574. The molecule has 8 nitrogen and oxygen atoms in total. The lowest BCUT2D eigenvalue weighted by Gasteiger charge is -2.12. The van der Waals surface area contributed by atoms with Crippen LogP contribution in [-0.2, 0) is 22.4 Å². The molecule has 1 aliphatic carbocycles. The van der Waals surface area contributed by atoms with E-state index in [4.69, 9.17) is 21.1 Å². The molecule has 1 aromatic carbocycles. The fourth-order valence-corrected chi connectivity index (χ4v) is 4.52. The molecule has 148 valence electrons. The SMILES string of the molecule is COC(=O)c1c(NC(=O)COc2ccc([N+](=O)[O-])cc2Cl)sc2c1CCCC2. The second-order valence-corrected chi connectivity index (χ2v) is 7.63. The van der Waals surface area contributed by atoms with Gasteiger partial charge in [0.15, 0.2) is 6.61 Å². The van der Waals surface area contributed by atoms with E-state index in [0.717, 1.165) is 42.2 Å². The average molecular weight is 425 g/mol. The molecule has 0 aliphatic heterocycles. The van der Waals surface area contributed by atoms with Crippen LogP contribution in [0.1, 0.15) is 33.6 Å². The van der Waals surface area contributed by atoms with Crippen molar-refractivity contribution in [2.24, 2.45) is 0 Å². The van der Waals surface area contributed by atoms with E-state index in [0.29, 0.717) is 10.6 Å². The number of rotatable bonds is 6. The van der Waals surface area contributed by atoms with Crippen molar-refractivity contribution in [3.05, 3.63) is 49.3 Å². The molecule has 0 radical (unpaired) electrons. The van der Waals surface area contributed by atoms with Gasteiger partial charge in [0, 0.05) is 17.0 Å². The number of nitro benzene ring substituents is 1. The Hall–Kier alpha value is -2.65. The Kier molecular flexibility index (Phi) is 6.15. The number of carbonyl (C=O) groups is 2. The minimum absolute atomic E-state index is 0.0313. The molecule has 0 fully saturated rings. The van der Waals surface area contributed by atoms with E-state index >= 15 is 0 Å². The Balaban J connectivity index is 1.71. The van der Waals surface area contributed by atoms with Crippen LogP contribution in [0.3, 0.4) is 0 Å². The molecular formula is C18H17ClN2O6S. The molecule has 0 unspecified atom stereocenters. The van der Waals surface area contributed by atoms with Gasteiger partial charge in [-0.05, 0) is 37.3 Å². The summed E-state index contributed by atoms with van der Waals surface area (Å²) in [5.74, 6) is -0.798. The number of anilines is 1. The zero-order valence-electron chi connectivity index (χ0n) is 15.0. The van der Waals surface area contributed by atoms with Crippen LogP contribution < -0.4 is 10.1 Å². The highest BCUT2D eigenvalue weighted by Gasteiger charge is 2.27. The second-order valence-electron chi connectivity index (χ2n) is 6.12. The monoisotopic (exact) mass is 424 g/mol. The molecule has 0 spiro atoms. The number of halogens is 1. The smallest absolute Gasteiger partial charge is 0.341 e. The summed E-state index contributed by atoms with van der Waals surface area (Å²) in [6, 6.07) is 3.72. The summed E-state index contributed by atoms with van der Waals surface area (Å²) in [6.45, 7) is -0.360. The van der Waals surface area contributed by atoms with Gasteiger partial charge in [0.2, 0.25) is 0 Å². The van der Waals surface area contributed by atoms with Crippen molar-refractivity contribution < 1.29 is 24.0 Å². The van der Waals surface area contributed by atoms with Gasteiger partial charge in [-0.1, -0.05) is 11.6 Å². The van der Waals surface area contributed by atoms with Crippen molar-refractivity contribution in [3.63, 3.8) is 0 Å². The van der Waals surface area contributed by atoms with E-state index in [1.165, 1.54) is 30.6 Å². The van der Waals surface area contributed by atoms with Crippen LogP contribution in [0.5, 0.6) is 5.75 Å². The van der Waals surface area contributed by atoms with Gasteiger partial charge in [0.05, 0.1) is 22.6 Å². The van der Waals surface area contributed by atoms with Crippen molar-refractivity contribution in [2.75, 3.05) is 19.0 Å². The minimum Gasteiger partial charge on any atom is -0.482 e. The van der Waals surface area contributed by atoms with Crippen molar-refractivity contribution in [1.29, 1.82) is 0 Å². The second kappa shape index (κ2) is 8.57. The predicted octanol–water partition coefficient (Wildman–Crippen LogP) is 3.99. The first-order valence-electron chi connectivity index (χ1n) is 8.50. The molecule has 0 saturated carbocycles. The summed E-state index contributed by atoms with van der Waals surface area (Å²) in [6.07, 6.45) is 3.68. The summed E-state index contributed by atoms with van der Waals surface area (Å²) in [5, 5.41) is 13.9. The summed E-state index contributed by atoms with van der Waals surface area (Å²) in [7, 11) is 1.31. The van der Waals surface area contributed by atoms with Crippen molar-refractivity contribution >= 4 is 45.5 Å². The zero-order chi connectivity index (χ0) is 20.3. The zero-order valence-corrected chi connectivity index (χ0v) is 16.5. The number of thiophene rings is 1. The highest BCUT2D eigenvalue weighted by atomic mass is 35.5. The third-order valence-electron chi connectivity index (χ3n) is 4.30. The lowest BCUT2D eigenvalue weighted by molar-refractivity contribution is -0.384. The average Bonchev–Trinajstić information content (AvgIpc) is 3.03. The van der Waals surface area contributed by atoms with Gasteiger partial charge in [0.1, 0.15) is 10.8 Å². The number of fused-ring (bicyclic) bond motifs is 1. The Morgan fingerprint density at radius 3 is 2.75 bits per heavy atom. The molecule has 1 heterocycles. The first-order chi connectivity index (χ1) is 13.4. The summed E-state index contributed by atoms with van der Waals surface area (Å²) in [5.41, 5.74) is 1.18. The number of methoxy groups -OCH3 is 1. The maximum absolute atomic E-state index is 12.3. The number of nitro groups is 1. The van der Waals surface area contributed by atoms with Crippen LogP contribution in [0.4, 0.5) is 10.7 Å². The molecular weight excluding hydrogens is 408 g/mol. The van der Waals surface area contributed by atoms with Crippen LogP contribution >= 0.6 is 22.9 Å². The van der Waals surface area contributed by atoms with Gasteiger partial charge in [-0.2, -0.15) is 0 Å². The third kappa shape index (κ3) is 4.26. The lowest BCUT2D eigenvalue weighted by Crippen LogP contribution is -2.21. The fraction of sp³-hybridized carbons (Fsp3) is 0.333. The number of ether oxygens (including phenoxy) is 2. The summed E-state index contributed by atoms with van der Waals surface area (Å²) in [4.78, 5) is 35.7. The molecule has 0 atom stereocenters. The number of aryl methyl sites for hydroxylation is 1. The number of nitrogens with zero attached hydrogens (tertiary/aromatic N) is 1. The Morgan fingerprint density at radius 2 is 2.07 bits per heavy atom. The van der Waals surface area contributed by atoms with Crippen LogP contribution in [-0.4, -0.2) is 30.5 Å². The number of non-ortho nitro benzene ring substituents is 1. The first kappa shape index (κ1) is 20.1. The highest BCUT2D eigenvalue weighted by molar-refractivity contribution is 7.17. The molecule has 3 rings (SSSR count). The lowest BCUT2D eigenvalue weighted by atomic mass is 9.95. The number of nitrogens with one attached hydrogen (secondary N) is 1. The van der Waals surface area contributed by atoms with E-state index in [1.54, 1.807) is 0 Å². The van der Waals surface area contributed by atoms with E-state index in [9.17, 15) is 19.7 Å². The van der Waals surface area contributed by atoms with Crippen LogP contribution in [0.15, 0.2) is 18.2 Å². The predicted molar refractivity (Wildman–Crippen MR) is 105 cm³/mol. The standard InChI is InChI=1S/C18H17ClN2O6S/c1-26-18(23)16-11-4-2-3-5-14(11)28-17(16)20-15(22)9-27-13-7-6-10(21(24)25)8-12(13)19/h6-8H,2-5,9H2,1H3,(H,20,22). The van der Waals surface area contributed by atoms with Crippen LogP contribution in [0, 0.1) is 10.1 Å². The third-order valence-corrected chi connectivity index (χ3v) is 5.80. The number of esters is 1. The first-order valence-corrected chi connectivity index (χ1v) is 9.69. The van der Waals surface area contributed by atoms with E-state index in [-0.39, 0.29) is 23.1 Å². The van der Waals surface area contributed by atoms with E-state index < -0.39 is 16.8 Å². The van der Waals surface area contributed by atoms with Crippen LogP contribution in [0.2, 0.25) is 5.02 Å². The van der Waals surface area contributed by atoms with Gasteiger partial charge in [-0.15, -0.1) is 11.3 Å². The van der Waals surface area contributed by atoms with E-state index in [1.807, 2.05) is 0 Å². The molecule has 2 aromatic rings. The molecule has 1 N–H and O–H groups in total. The van der Waals surface area contributed by atoms with Crippen molar-refractivity contribution in [3.8, 4) is 5.75 Å². The van der Waals surface area contributed by atoms with Gasteiger partial charge >= 0.3 is 5.97 Å². The normalized spacial score (nSPS) is 12.8. The maximum Gasteiger partial charge on any atom is 0.341 e. The fourth-order valence-electron chi connectivity index (χ4n) is 3.00. The van der Waals surface area contributed by atoms with Gasteiger partial charge < -0.3 is 14.8 Å². The van der Waals surface area contributed by atoms with Gasteiger partial charge in [-0.3, -0.25) is 14.9 Å². The molecule has 1 amide bonds.